The zero-order chi connectivity index (χ0) is 45.5. The van der Waals surface area contributed by atoms with Gasteiger partial charge in [0, 0.05) is 6.42 Å². The number of carbonyl (C=O) groups excluding carboxylic acids is 1. The lowest BCUT2D eigenvalue weighted by atomic mass is 9.99. The number of allylic oxidation sites excluding steroid dienone is 2. The van der Waals surface area contributed by atoms with Crippen LogP contribution in [0, 0.1) is 0 Å². The van der Waals surface area contributed by atoms with Crippen molar-refractivity contribution in [2.75, 3.05) is 13.2 Å². The molecule has 0 spiro atoms. The molecule has 13 heteroatoms. The Morgan fingerprint density at radius 1 is 0.629 bits per heavy atom. The van der Waals surface area contributed by atoms with Gasteiger partial charge in [0.1, 0.15) is 24.4 Å². The minimum atomic E-state index is -5.07. The number of aliphatic hydroxyl groups excluding tert-OH is 4. The van der Waals surface area contributed by atoms with Crippen LogP contribution >= 0.6 is 0 Å². The predicted molar refractivity (Wildman–Crippen MR) is 250 cm³/mol. The summed E-state index contributed by atoms with van der Waals surface area (Å²) in [6.45, 7) is 3.45. The first-order chi connectivity index (χ1) is 30.0. The fourth-order valence-corrected chi connectivity index (χ4v) is 8.85. The van der Waals surface area contributed by atoms with Crippen molar-refractivity contribution in [2.45, 2.75) is 281 Å². The van der Waals surface area contributed by atoms with E-state index in [1.807, 2.05) is 0 Å². The minimum absolute atomic E-state index is 0.232. The Hall–Kier alpha value is -1.16. The van der Waals surface area contributed by atoms with E-state index in [4.69, 9.17) is 9.47 Å². The number of rotatable bonds is 44. The van der Waals surface area contributed by atoms with Crippen LogP contribution in [0.25, 0.3) is 0 Å². The monoisotopic (exact) mass is 906 g/mol. The van der Waals surface area contributed by atoms with E-state index >= 15 is 0 Å². The molecule has 1 aliphatic rings. The highest BCUT2D eigenvalue weighted by Crippen LogP contribution is 2.26. The normalized spacial score (nSPS) is 20.5. The van der Waals surface area contributed by atoms with Crippen LogP contribution in [-0.2, 0) is 28.9 Å². The minimum Gasteiger partial charge on any atom is -0.394 e. The van der Waals surface area contributed by atoms with Crippen molar-refractivity contribution in [3.8, 4) is 0 Å². The molecule has 62 heavy (non-hydrogen) atoms. The number of carbonyl (C=O) groups is 1. The average molecular weight is 906 g/mol. The molecular weight excluding hydrogens is 811 g/mol. The van der Waals surface area contributed by atoms with Gasteiger partial charge in [-0.1, -0.05) is 206 Å². The number of aliphatic hydroxyl groups is 4. The van der Waals surface area contributed by atoms with Crippen LogP contribution in [0.1, 0.15) is 239 Å². The Bertz CT molecular complexity index is 1160. The molecule has 1 saturated heterocycles. The number of unbranched alkanes of at least 4 members (excludes halogenated alkanes) is 30. The lowest BCUT2D eigenvalue weighted by Gasteiger charge is -2.41. The lowest BCUT2D eigenvalue weighted by molar-refractivity contribution is -0.298. The number of nitrogens with one attached hydrogen (secondary N) is 1. The molecule has 7 unspecified atom stereocenters. The van der Waals surface area contributed by atoms with Gasteiger partial charge in [0.05, 0.1) is 25.4 Å². The molecule has 0 radical (unpaired) electrons. The highest BCUT2D eigenvalue weighted by Gasteiger charge is 2.48. The van der Waals surface area contributed by atoms with Crippen LogP contribution in [0.4, 0.5) is 0 Å². The predicted octanol–water partition coefficient (Wildman–Crippen LogP) is 10.7. The van der Waals surface area contributed by atoms with Gasteiger partial charge in [-0.2, -0.15) is 8.42 Å². The maximum atomic E-state index is 13.1. The molecule has 0 aliphatic carbocycles. The average Bonchev–Trinajstić information content (AvgIpc) is 3.24. The first-order valence-electron chi connectivity index (χ1n) is 25.6. The zero-order valence-electron chi connectivity index (χ0n) is 39.5. The van der Waals surface area contributed by atoms with Gasteiger partial charge in [-0.05, 0) is 38.5 Å². The molecule has 0 saturated carbocycles. The maximum Gasteiger partial charge on any atom is 0.397 e. The van der Waals surface area contributed by atoms with E-state index in [1.165, 1.54) is 154 Å². The van der Waals surface area contributed by atoms with E-state index in [2.05, 4.69) is 35.5 Å². The molecule has 368 valence electrons. The summed E-state index contributed by atoms with van der Waals surface area (Å²) < 4.78 is 47.7. The van der Waals surface area contributed by atoms with Crippen molar-refractivity contribution >= 4 is 16.3 Å². The second-order valence-electron chi connectivity index (χ2n) is 18.1. The summed E-state index contributed by atoms with van der Waals surface area (Å²) >= 11 is 0. The molecule has 1 heterocycles. The van der Waals surface area contributed by atoms with Gasteiger partial charge in [0.15, 0.2) is 6.29 Å². The van der Waals surface area contributed by atoms with E-state index in [0.717, 1.165) is 51.4 Å². The summed E-state index contributed by atoms with van der Waals surface area (Å²) in [5.74, 6) is -0.232. The van der Waals surface area contributed by atoms with Gasteiger partial charge in [-0.25, -0.2) is 4.18 Å². The largest absolute Gasteiger partial charge is 0.397 e. The topological polar surface area (TPSA) is 192 Å². The Balaban J connectivity index is 2.38. The summed E-state index contributed by atoms with van der Waals surface area (Å²) in [6, 6.07) is -0.857. The number of ether oxygens (including phenoxy) is 2. The Labute approximate surface area is 379 Å². The third-order valence-electron chi connectivity index (χ3n) is 12.3. The Morgan fingerprint density at radius 3 is 1.45 bits per heavy atom. The fraction of sp³-hybridized carbons (Fsp3) is 0.939. The molecule has 0 bridgehead atoms. The molecule has 7 atom stereocenters. The van der Waals surface area contributed by atoms with E-state index in [-0.39, 0.29) is 18.9 Å². The smallest absolute Gasteiger partial charge is 0.394 e. The maximum absolute atomic E-state index is 13.1. The van der Waals surface area contributed by atoms with Gasteiger partial charge in [0.2, 0.25) is 5.91 Å². The molecule has 12 nitrogen and oxygen atoms in total. The van der Waals surface area contributed by atoms with Crippen molar-refractivity contribution in [1.29, 1.82) is 0 Å². The molecular formula is C49H95NO11S. The molecule has 1 aliphatic heterocycles. The van der Waals surface area contributed by atoms with E-state index in [9.17, 15) is 38.2 Å². The quantitative estimate of drug-likeness (QED) is 0.0194. The number of hydrogen-bond donors (Lipinski definition) is 6. The third kappa shape index (κ3) is 32.5. The van der Waals surface area contributed by atoms with Crippen LogP contribution in [0.3, 0.4) is 0 Å². The summed E-state index contributed by atoms with van der Waals surface area (Å²) in [4.78, 5) is 13.1. The van der Waals surface area contributed by atoms with E-state index in [1.54, 1.807) is 0 Å². The van der Waals surface area contributed by atoms with Crippen molar-refractivity contribution < 1.29 is 51.8 Å². The van der Waals surface area contributed by atoms with Crippen LogP contribution in [0.15, 0.2) is 12.2 Å². The van der Waals surface area contributed by atoms with Gasteiger partial charge >= 0.3 is 10.4 Å². The van der Waals surface area contributed by atoms with Crippen LogP contribution < -0.4 is 5.32 Å². The second kappa shape index (κ2) is 40.1. The highest BCUT2D eigenvalue weighted by atomic mass is 32.3. The summed E-state index contributed by atoms with van der Waals surface area (Å²) in [7, 11) is -5.07. The molecule has 6 N–H and O–H groups in total. The molecule has 0 aromatic rings. The first kappa shape index (κ1) is 58.9. The van der Waals surface area contributed by atoms with Crippen LogP contribution in [-0.4, -0.2) is 95.4 Å². The van der Waals surface area contributed by atoms with Gasteiger partial charge in [-0.15, -0.1) is 0 Å². The van der Waals surface area contributed by atoms with Crippen molar-refractivity contribution in [3.05, 3.63) is 12.2 Å². The molecule has 0 aromatic heterocycles. The second-order valence-corrected chi connectivity index (χ2v) is 19.2. The number of amides is 1. The summed E-state index contributed by atoms with van der Waals surface area (Å²) in [6.07, 6.45) is 36.5. The standard InChI is InChI=1S/C49H95NO11S/c1-3-5-7-9-11-13-15-17-18-19-20-21-22-23-24-25-26-27-29-31-33-35-37-39-45(53)50-42(43(52)38-36-34-32-30-28-16-14-12-10-8-6-4-2)41-59-49-47(55)48(61-62(56,57)58)46(54)44(40-51)60-49/h23-24,42-44,46-49,51-52,54-55H,3-22,25-41H2,1-2H3,(H,50,53)(H,56,57,58)/b24-23-. The van der Waals surface area contributed by atoms with Gasteiger partial charge in [0.25, 0.3) is 0 Å². The molecule has 1 amide bonds. The van der Waals surface area contributed by atoms with Gasteiger partial charge in [-0.3, -0.25) is 9.35 Å². The zero-order valence-corrected chi connectivity index (χ0v) is 40.3. The van der Waals surface area contributed by atoms with Crippen LogP contribution in [0.5, 0.6) is 0 Å². The van der Waals surface area contributed by atoms with Gasteiger partial charge < -0.3 is 35.2 Å². The summed E-state index contributed by atoms with van der Waals surface area (Å²) in [5.41, 5.74) is 0. The van der Waals surface area contributed by atoms with Crippen molar-refractivity contribution in [2.24, 2.45) is 0 Å². The lowest BCUT2D eigenvalue weighted by Crippen LogP contribution is -2.61. The first-order valence-corrected chi connectivity index (χ1v) is 26.9. The highest BCUT2D eigenvalue weighted by molar-refractivity contribution is 7.80. The summed E-state index contributed by atoms with van der Waals surface area (Å²) in [5, 5.41) is 44.9. The van der Waals surface area contributed by atoms with Crippen LogP contribution in [0.2, 0.25) is 0 Å². The number of hydrogen-bond acceptors (Lipinski definition) is 10. The fourth-order valence-electron chi connectivity index (χ4n) is 8.34. The Morgan fingerprint density at radius 2 is 1.03 bits per heavy atom. The molecule has 0 aromatic carbocycles. The third-order valence-corrected chi connectivity index (χ3v) is 12.8. The van der Waals surface area contributed by atoms with Crippen molar-refractivity contribution in [3.63, 3.8) is 0 Å². The Kier molecular flexibility index (Phi) is 38.1. The SMILES string of the molecule is CCCCCCCCCCCCCC/C=C\CCCCCCCCCC(=O)NC(COC1OC(CO)C(O)C(OS(=O)(=O)O)C1O)C(O)CCCCCCCCCCCCCC. The molecule has 1 rings (SSSR count). The van der Waals surface area contributed by atoms with E-state index < -0.39 is 59.9 Å². The molecule has 1 fully saturated rings. The van der Waals surface area contributed by atoms with Crippen molar-refractivity contribution in [1.82, 2.24) is 5.32 Å². The van der Waals surface area contributed by atoms with E-state index in [0.29, 0.717) is 12.8 Å².